The lowest BCUT2D eigenvalue weighted by molar-refractivity contribution is -0.168. The Bertz CT molecular complexity index is 805. The van der Waals surface area contributed by atoms with E-state index in [2.05, 4.69) is 15.0 Å². The summed E-state index contributed by atoms with van der Waals surface area (Å²) in [5.41, 5.74) is 2.72. The Morgan fingerprint density at radius 2 is 2.12 bits per heavy atom. The Kier molecular flexibility index (Phi) is 3.64. The van der Waals surface area contributed by atoms with Gasteiger partial charge in [0.25, 0.3) is 5.92 Å². The summed E-state index contributed by atoms with van der Waals surface area (Å²) in [6.07, 6.45) is 5.41. The van der Waals surface area contributed by atoms with Crippen LogP contribution in [0.1, 0.15) is 22.9 Å². The molecule has 0 unspecified atom stereocenters. The van der Waals surface area contributed by atoms with Gasteiger partial charge in [0, 0.05) is 45.5 Å². The first-order valence-electron chi connectivity index (χ1n) is 8.19. The Balaban J connectivity index is 1.56. The van der Waals surface area contributed by atoms with Crippen molar-refractivity contribution in [2.75, 3.05) is 19.6 Å². The number of halogens is 2. The maximum Gasteiger partial charge on any atom is 0.282 e. The van der Waals surface area contributed by atoms with Crippen molar-refractivity contribution in [2.45, 2.75) is 24.9 Å². The van der Waals surface area contributed by atoms with E-state index in [1.807, 2.05) is 24.9 Å². The molecule has 0 radical (unpaired) electrons. The van der Waals surface area contributed by atoms with Gasteiger partial charge in [0.2, 0.25) is 5.91 Å². The topological polar surface area (TPSA) is 59.2 Å². The molecule has 9 heteroatoms. The summed E-state index contributed by atoms with van der Waals surface area (Å²) in [6.45, 7) is 0.785. The Morgan fingerprint density at radius 3 is 2.76 bits per heavy atom. The zero-order chi connectivity index (χ0) is 17.8. The van der Waals surface area contributed by atoms with Gasteiger partial charge in [-0.2, -0.15) is 5.10 Å². The first-order chi connectivity index (χ1) is 11.8. The smallest absolute Gasteiger partial charge is 0.282 e. The third-order valence-electron chi connectivity index (χ3n) is 4.83. The first-order valence-corrected chi connectivity index (χ1v) is 8.19. The SMILES string of the molecule is Cn1cc(CN2Cc3ncn(C)c3[C@@H](C(=O)N3CC(F)(F)C3)C2)cn1. The van der Waals surface area contributed by atoms with Crippen LogP contribution in [0.15, 0.2) is 18.7 Å². The van der Waals surface area contributed by atoms with Crippen LogP contribution in [-0.2, 0) is 32.0 Å². The average molecular weight is 350 g/mol. The molecule has 0 aliphatic carbocycles. The maximum atomic E-state index is 13.2. The van der Waals surface area contributed by atoms with E-state index in [9.17, 15) is 13.6 Å². The molecule has 2 aromatic rings. The van der Waals surface area contributed by atoms with Crippen LogP contribution in [0.25, 0.3) is 0 Å². The minimum absolute atomic E-state index is 0.244. The number of carbonyl (C=O) groups excluding carboxylic acids is 1. The van der Waals surface area contributed by atoms with E-state index in [4.69, 9.17) is 0 Å². The highest BCUT2D eigenvalue weighted by Crippen LogP contribution is 2.34. The maximum absolute atomic E-state index is 13.2. The lowest BCUT2D eigenvalue weighted by atomic mass is 9.94. The lowest BCUT2D eigenvalue weighted by Gasteiger charge is -2.42. The molecule has 1 fully saturated rings. The lowest BCUT2D eigenvalue weighted by Crippen LogP contribution is -2.60. The van der Waals surface area contributed by atoms with E-state index in [0.717, 1.165) is 17.0 Å². The van der Waals surface area contributed by atoms with E-state index in [-0.39, 0.29) is 5.91 Å². The van der Waals surface area contributed by atoms with Crippen LogP contribution in [-0.4, -0.2) is 60.6 Å². The highest BCUT2D eigenvalue weighted by atomic mass is 19.3. The van der Waals surface area contributed by atoms with E-state index in [0.29, 0.717) is 19.6 Å². The second kappa shape index (κ2) is 5.62. The second-order valence-corrected chi connectivity index (χ2v) is 6.98. The molecule has 25 heavy (non-hydrogen) atoms. The zero-order valence-electron chi connectivity index (χ0n) is 14.2. The average Bonchev–Trinajstić information content (AvgIpc) is 3.10. The van der Waals surface area contributed by atoms with Crippen molar-refractivity contribution in [2.24, 2.45) is 14.1 Å². The number of hydrogen-bond acceptors (Lipinski definition) is 4. The number of amides is 1. The van der Waals surface area contributed by atoms with Gasteiger partial charge in [-0.05, 0) is 0 Å². The van der Waals surface area contributed by atoms with Gasteiger partial charge in [0.15, 0.2) is 0 Å². The van der Waals surface area contributed by atoms with Gasteiger partial charge in [0.1, 0.15) is 0 Å². The third kappa shape index (κ3) is 2.92. The molecule has 2 aliphatic heterocycles. The number of aromatic nitrogens is 4. The summed E-state index contributed by atoms with van der Waals surface area (Å²) in [7, 11) is 3.69. The van der Waals surface area contributed by atoms with Crippen molar-refractivity contribution in [3.63, 3.8) is 0 Å². The number of alkyl halides is 2. The van der Waals surface area contributed by atoms with Crippen LogP contribution >= 0.6 is 0 Å². The fourth-order valence-electron chi connectivity index (χ4n) is 3.69. The summed E-state index contributed by atoms with van der Waals surface area (Å²) in [5.74, 6) is -3.47. The summed E-state index contributed by atoms with van der Waals surface area (Å²) in [4.78, 5) is 20.6. The molecule has 134 valence electrons. The number of carbonyl (C=O) groups is 1. The number of rotatable bonds is 3. The summed E-state index contributed by atoms with van der Waals surface area (Å²) >= 11 is 0. The number of fused-ring (bicyclic) bond motifs is 1. The number of hydrogen-bond donors (Lipinski definition) is 0. The highest BCUT2D eigenvalue weighted by Gasteiger charge is 2.49. The van der Waals surface area contributed by atoms with Crippen molar-refractivity contribution in [3.05, 3.63) is 35.7 Å². The third-order valence-corrected chi connectivity index (χ3v) is 4.83. The van der Waals surface area contributed by atoms with Crippen molar-refractivity contribution >= 4 is 5.91 Å². The van der Waals surface area contributed by atoms with Crippen molar-refractivity contribution in [1.82, 2.24) is 29.1 Å². The van der Waals surface area contributed by atoms with Gasteiger partial charge in [-0.1, -0.05) is 0 Å². The fourth-order valence-corrected chi connectivity index (χ4v) is 3.69. The highest BCUT2D eigenvalue weighted by molar-refractivity contribution is 5.85. The van der Waals surface area contributed by atoms with Crippen LogP contribution in [0, 0.1) is 0 Å². The molecule has 4 heterocycles. The predicted molar refractivity (Wildman–Crippen MR) is 84.8 cm³/mol. The molecule has 0 spiro atoms. The predicted octanol–water partition coefficient (Wildman–Crippen LogP) is 0.730. The molecule has 1 amide bonds. The van der Waals surface area contributed by atoms with Gasteiger partial charge in [-0.3, -0.25) is 14.4 Å². The standard InChI is InChI=1S/C16H20F2N6O/c1-21-10-19-13-7-23(5-11-3-20-22(2)4-11)6-12(14(13)21)15(25)24-8-16(17,18)9-24/h3-4,10,12H,5-9H2,1-2H3/t12-/m0/s1. The van der Waals surface area contributed by atoms with Crippen LogP contribution in [0.2, 0.25) is 0 Å². The van der Waals surface area contributed by atoms with Gasteiger partial charge < -0.3 is 9.47 Å². The molecular weight excluding hydrogens is 330 g/mol. The molecule has 0 bridgehead atoms. The van der Waals surface area contributed by atoms with Crippen molar-refractivity contribution in [3.8, 4) is 0 Å². The minimum Gasteiger partial charge on any atom is -0.337 e. The minimum atomic E-state index is -2.75. The summed E-state index contributed by atoms with van der Waals surface area (Å²) in [6, 6.07) is 0. The molecule has 0 saturated carbocycles. The molecular formula is C16H20F2N6O. The largest absolute Gasteiger partial charge is 0.337 e. The fraction of sp³-hybridized carbons (Fsp3) is 0.562. The molecule has 0 aromatic carbocycles. The van der Waals surface area contributed by atoms with Gasteiger partial charge in [-0.15, -0.1) is 0 Å². The van der Waals surface area contributed by atoms with E-state index in [1.165, 1.54) is 4.90 Å². The van der Waals surface area contributed by atoms with Crippen LogP contribution in [0.5, 0.6) is 0 Å². The van der Waals surface area contributed by atoms with Gasteiger partial charge >= 0.3 is 0 Å². The number of nitrogens with zero attached hydrogens (tertiary/aromatic N) is 6. The molecule has 2 aliphatic rings. The number of likely N-dealkylation sites (tertiary alicyclic amines) is 1. The number of imidazole rings is 1. The van der Waals surface area contributed by atoms with Crippen molar-refractivity contribution in [1.29, 1.82) is 0 Å². The summed E-state index contributed by atoms with van der Waals surface area (Å²) < 4.78 is 29.9. The van der Waals surface area contributed by atoms with Crippen molar-refractivity contribution < 1.29 is 13.6 Å². The van der Waals surface area contributed by atoms with Crippen LogP contribution in [0.4, 0.5) is 8.78 Å². The molecule has 0 N–H and O–H groups in total. The second-order valence-electron chi connectivity index (χ2n) is 6.98. The molecule has 2 aromatic heterocycles. The quantitative estimate of drug-likeness (QED) is 0.819. The molecule has 4 rings (SSSR count). The van der Waals surface area contributed by atoms with Crippen LogP contribution in [0.3, 0.4) is 0 Å². The zero-order valence-corrected chi connectivity index (χ0v) is 14.2. The Labute approximate surface area is 143 Å². The number of aryl methyl sites for hydroxylation is 2. The molecule has 1 atom stereocenters. The first kappa shape index (κ1) is 16.2. The monoisotopic (exact) mass is 350 g/mol. The summed E-state index contributed by atoms with van der Waals surface area (Å²) in [5, 5.41) is 4.16. The van der Waals surface area contributed by atoms with E-state index < -0.39 is 24.9 Å². The Hall–Kier alpha value is -2.29. The van der Waals surface area contributed by atoms with Gasteiger partial charge in [0.05, 0.1) is 42.9 Å². The normalized spacial score (nSPS) is 22.6. The van der Waals surface area contributed by atoms with Gasteiger partial charge in [-0.25, -0.2) is 13.8 Å². The van der Waals surface area contributed by atoms with E-state index in [1.54, 1.807) is 17.2 Å². The molecule has 1 saturated heterocycles. The van der Waals surface area contributed by atoms with Crippen LogP contribution < -0.4 is 0 Å². The Morgan fingerprint density at radius 1 is 1.36 bits per heavy atom. The van der Waals surface area contributed by atoms with E-state index >= 15 is 0 Å². The molecule has 7 nitrogen and oxygen atoms in total.